The second kappa shape index (κ2) is 33.2. The monoisotopic (exact) mass is 1220 g/mol. The predicted octanol–water partition coefficient (Wildman–Crippen LogP) is 3.08. The van der Waals surface area contributed by atoms with Gasteiger partial charge in [-0.25, -0.2) is 0 Å². The van der Waals surface area contributed by atoms with Crippen molar-refractivity contribution < 1.29 is 37.5 Å². The molecule has 0 fully saturated rings. The van der Waals surface area contributed by atoms with Crippen LogP contribution in [0.25, 0.3) is 0 Å². The Morgan fingerprint density at radius 2 is 1.18 bits per heavy atom. The van der Waals surface area contributed by atoms with Gasteiger partial charge < -0.3 is 26.8 Å². The molecule has 2 aromatic carbocycles. The Kier molecular flexibility index (Phi) is 39.6. The van der Waals surface area contributed by atoms with Crippen molar-refractivity contribution in [2.45, 2.75) is 38.8 Å². The first kappa shape index (κ1) is 46.6. The number of nitrogens with two attached hydrogens (primary N) is 1. The summed E-state index contributed by atoms with van der Waals surface area (Å²) in [7, 11) is 3.13. The van der Waals surface area contributed by atoms with Crippen molar-refractivity contribution in [3.8, 4) is 0 Å². The number of amides is 3. The zero-order chi connectivity index (χ0) is 29.9. The van der Waals surface area contributed by atoms with E-state index in [1.54, 1.807) is 27.9 Å². The molecule has 0 heterocycles. The number of carboxylic acid groups (broad SMARTS) is 1. The standard InChI is InChI=1S/C12H16N2O2.C9H12N2O.C3H6O2.I3.I2.HI/c1-3-10(15)14-11(12(16)13-2)9-7-5-4-6-8-9;1-11-9(12)8(10)7-5-3-2-4-6-7;1-2-3(4)5;1-3-2;1-2;/h4-8,11H,3H2,1-2H3,(H,13,16)(H,14,15);2-6,8H,10H2,1H3,(H,11,12);2H2,1H3,(H,4,5);;;1H/q;;;-1;;. The van der Waals surface area contributed by atoms with E-state index in [1.165, 1.54) is 0 Å². The first-order chi connectivity index (χ1) is 18.1. The maximum absolute atomic E-state index is 11.6. The van der Waals surface area contributed by atoms with Gasteiger partial charge in [0, 0.05) is 64.2 Å². The van der Waals surface area contributed by atoms with Crippen LogP contribution in [0.15, 0.2) is 60.7 Å². The van der Waals surface area contributed by atoms with E-state index in [4.69, 9.17) is 10.8 Å². The molecular formula is C24H35I6N4O5-. The number of nitrogens with one attached hydrogen (secondary N) is 3. The van der Waals surface area contributed by atoms with Gasteiger partial charge in [0.1, 0.15) is 12.1 Å². The Morgan fingerprint density at radius 1 is 0.821 bits per heavy atom. The molecule has 2 aromatic rings. The van der Waals surface area contributed by atoms with E-state index in [1.807, 2.05) is 60.7 Å². The van der Waals surface area contributed by atoms with Gasteiger partial charge in [-0.1, -0.05) is 74.5 Å². The number of carbonyl (C=O) groups is 4. The summed E-state index contributed by atoms with van der Waals surface area (Å²) in [6, 6.07) is 17.3. The summed E-state index contributed by atoms with van der Waals surface area (Å²) in [5, 5.41) is 15.4. The molecule has 0 spiro atoms. The minimum atomic E-state index is -0.745. The summed E-state index contributed by atoms with van der Waals surface area (Å²) in [4.78, 5) is 43.4. The number of carbonyl (C=O) groups excluding carboxylic acids is 3. The van der Waals surface area contributed by atoms with Crippen molar-refractivity contribution in [2.24, 2.45) is 5.73 Å². The number of carboxylic acids is 1. The molecule has 2 rings (SSSR count). The maximum atomic E-state index is 11.6. The average molecular weight is 1220 g/mol. The van der Waals surface area contributed by atoms with Gasteiger partial charge in [-0.3, -0.25) is 19.2 Å². The Balaban J connectivity index is -0.000000235. The van der Waals surface area contributed by atoms with E-state index < -0.39 is 18.1 Å². The number of halogens is 6. The Labute approximate surface area is 301 Å². The molecule has 0 aromatic heterocycles. The van der Waals surface area contributed by atoms with Gasteiger partial charge in [-0.05, 0) is 11.1 Å². The fourth-order valence-corrected chi connectivity index (χ4v) is 2.32. The summed E-state index contributed by atoms with van der Waals surface area (Å²) in [5.41, 5.74) is 7.25. The van der Waals surface area contributed by atoms with Crippen LogP contribution in [0.1, 0.15) is 49.9 Å². The SMILES string of the molecule is CCC(=O)NC(C(=O)NC)c1ccccc1.CCC(=O)O.CNC(=O)C(N)c1ccccc1.I.II.I[I-]I. The van der Waals surface area contributed by atoms with E-state index in [0.717, 1.165) is 11.1 Å². The molecule has 224 valence electrons. The molecule has 6 N–H and O–H groups in total. The van der Waals surface area contributed by atoms with E-state index in [-0.39, 0.29) is 48.1 Å². The predicted molar refractivity (Wildman–Crippen MR) is 199 cm³/mol. The fourth-order valence-electron chi connectivity index (χ4n) is 2.32. The van der Waals surface area contributed by atoms with Crippen molar-refractivity contribution in [3.63, 3.8) is 0 Å². The van der Waals surface area contributed by atoms with E-state index in [2.05, 4.69) is 90.4 Å². The molecule has 0 aliphatic carbocycles. The van der Waals surface area contributed by atoms with E-state index in [0.29, 0.717) is 19.7 Å². The number of hydrogen-bond donors (Lipinski definition) is 5. The molecule has 0 bridgehead atoms. The van der Waals surface area contributed by atoms with Gasteiger partial charge in [0.05, 0.1) is 0 Å². The zero-order valence-electron chi connectivity index (χ0n) is 21.8. The van der Waals surface area contributed by atoms with Crippen LogP contribution in [0.5, 0.6) is 0 Å². The van der Waals surface area contributed by atoms with Crippen molar-refractivity contribution in [3.05, 3.63) is 71.8 Å². The molecule has 2 unspecified atom stereocenters. The van der Waals surface area contributed by atoms with Crippen LogP contribution in [-0.2, 0) is 19.2 Å². The van der Waals surface area contributed by atoms with Crippen LogP contribution in [0.3, 0.4) is 0 Å². The van der Waals surface area contributed by atoms with Gasteiger partial charge in [-0.15, -0.1) is 24.0 Å². The van der Waals surface area contributed by atoms with E-state index >= 15 is 0 Å². The first-order valence-electron chi connectivity index (χ1n) is 10.9. The normalized spacial score (nSPS) is 10.2. The zero-order valence-corrected chi connectivity index (χ0v) is 34.9. The number of rotatable bonds is 7. The van der Waals surface area contributed by atoms with Crippen LogP contribution >= 0.6 is 98.4 Å². The number of hydrogen-bond acceptors (Lipinski definition) is 5. The van der Waals surface area contributed by atoms with Crippen LogP contribution in [0.4, 0.5) is 0 Å². The van der Waals surface area contributed by atoms with Crippen LogP contribution in [-0.4, -0.2) is 42.9 Å². The molecule has 0 saturated carbocycles. The third-order valence-electron chi connectivity index (χ3n) is 4.26. The topological polar surface area (TPSA) is 151 Å². The van der Waals surface area contributed by atoms with Gasteiger partial charge in [0.2, 0.25) is 17.7 Å². The summed E-state index contributed by atoms with van der Waals surface area (Å²) in [6.45, 7) is 3.35. The van der Waals surface area contributed by atoms with Crippen molar-refractivity contribution in [1.82, 2.24) is 16.0 Å². The molecule has 9 nitrogen and oxygen atoms in total. The summed E-state index contributed by atoms with van der Waals surface area (Å²) in [6.07, 6.45) is 0.584. The van der Waals surface area contributed by atoms with E-state index in [9.17, 15) is 19.2 Å². The Hall–Kier alpha value is 0.660. The Morgan fingerprint density at radius 3 is 1.49 bits per heavy atom. The summed E-state index contributed by atoms with van der Waals surface area (Å²) in [5.74, 6) is -1.27. The molecule has 0 saturated heterocycles. The van der Waals surface area contributed by atoms with Crippen molar-refractivity contribution >= 4 is 122 Å². The van der Waals surface area contributed by atoms with Gasteiger partial charge in [-0.2, -0.15) is 0 Å². The van der Waals surface area contributed by atoms with Gasteiger partial charge in [0.25, 0.3) is 0 Å². The second-order valence-electron chi connectivity index (χ2n) is 6.68. The third-order valence-corrected chi connectivity index (χ3v) is 4.26. The first-order valence-corrected chi connectivity index (χ1v) is 29.8. The molecule has 39 heavy (non-hydrogen) atoms. The van der Waals surface area contributed by atoms with Gasteiger partial charge >= 0.3 is 56.5 Å². The fraction of sp³-hybridized carbons (Fsp3) is 0.333. The summed E-state index contributed by atoms with van der Waals surface area (Å²) >= 11 is 9.54. The number of likely N-dealkylation sites (N-methyl/N-ethyl adjacent to an activating group) is 2. The Bertz CT molecular complexity index is 899. The number of aliphatic carboxylic acids is 1. The summed E-state index contributed by atoms with van der Waals surface area (Å²) < 4.78 is 0. The van der Waals surface area contributed by atoms with Crippen molar-refractivity contribution in [1.29, 1.82) is 0 Å². The van der Waals surface area contributed by atoms with Gasteiger partial charge in [0.15, 0.2) is 0 Å². The molecule has 0 aliphatic heterocycles. The molecule has 0 aliphatic rings. The van der Waals surface area contributed by atoms with Crippen molar-refractivity contribution in [2.75, 3.05) is 14.1 Å². The van der Waals surface area contributed by atoms with Crippen LogP contribution < -0.4 is 34.9 Å². The third kappa shape index (κ3) is 26.1. The van der Waals surface area contributed by atoms with Crippen LogP contribution in [0.2, 0.25) is 0 Å². The molecule has 2 atom stereocenters. The average Bonchev–Trinajstić information content (AvgIpc) is 2.97. The molecule has 3 amide bonds. The van der Waals surface area contributed by atoms with Crippen LogP contribution in [0, 0.1) is 0 Å². The number of benzene rings is 2. The quantitative estimate of drug-likeness (QED) is 0.270. The molecule has 0 radical (unpaired) electrons. The molecular weight excluding hydrogens is 1190 g/mol. The second-order valence-corrected chi connectivity index (χ2v) is 22.9. The minimum absolute atomic E-state index is 0. The molecule has 15 heteroatoms.